The van der Waals surface area contributed by atoms with Gasteiger partial charge in [-0.15, -0.1) is 0 Å². The molecule has 0 bridgehead atoms. The Hall–Kier alpha value is -0.870. The smallest absolute Gasteiger partial charge is 0.0948 e. The molecule has 3 unspecified atom stereocenters. The van der Waals surface area contributed by atoms with E-state index in [1.165, 1.54) is 50.9 Å². The van der Waals surface area contributed by atoms with Gasteiger partial charge >= 0.3 is 0 Å². The van der Waals surface area contributed by atoms with Crippen LogP contribution in [0.25, 0.3) is 0 Å². The molecule has 2 fully saturated rings. The highest BCUT2D eigenvalue weighted by molar-refractivity contribution is 5.07. The molecule has 3 heterocycles. The fourth-order valence-corrected chi connectivity index (χ4v) is 3.85. The molecule has 3 rings (SSSR count). The van der Waals surface area contributed by atoms with Crippen LogP contribution in [-0.4, -0.2) is 40.6 Å². The molecule has 0 spiro atoms. The molecule has 0 saturated carbocycles. The normalized spacial score (nSPS) is 32.4. The molecule has 1 aromatic heterocycles. The maximum atomic E-state index is 4.42. The first-order valence-electron chi connectivity index (χ1n) is 8.17. The summed E-state index contributed by atoms with van der Waals surface area (Å²) in [4.78, 5) is 6.88. The van der Waals surface area contributed by atoms with Crippen molar-refractivity contribution in [3.63, 3.8) is 0 Å². The highest BCUT2D eigenvalue weighted by Crippen LogP contribution is 2.26. The Labute approximate surface area is 122 Å². The van der Waals surface area contributed by atoms with Gasteiger partial charge in [0.15, 0.2) is 0 Å². The molecule has 2 aliphatic rings. The predicted octanol–water partition coefficient (Wildman–Crippen LogP) is 2.43. The molecule has 0 amide bonds. The Balaban J connectivity index is 1.66. The predicted molar refractivity (Wildman–Crippen MR) is 81.6 cm³/mol. The number of hydrogen-bond donors (Lipinski definition) is 1. The molecule has 4 heteroatoms. The lowest BCUT2D eigenvalue weighted by Crippen LogP contribution is -2.37. The zero-order valence-corrected chi connectivity index (χ0v) is 12.9. The summed E-state index contributed by atoms with van der Waals surface area (Å²) in [6.07, 6.45) is 10.7. The Morgan fingerprint density at radius 3 is 3.00 bits per heavy atom. The van der Waals surface area contributed by atoms with E-state index in [1.807, 2.05) is 6.33 Å². The van der Waals surface area contributed by atoms with Crippen molar-refractivity contribution in [1.29, 1.82) is 0 Å². The molecule has 1 aromatic rings. The maximum Gasteiger partial charge on any atom is 0.0948 e. The van der Waals surface area contributed by atoms with Crippen LogP contribution in [0.4, 0.5) is 0 Å². The van der Waals surface area contributed by atoms with Crippen molar-refractivity contribution in [3.05, 3.63) is 18.2 Å². The SMILES string of the molecule is CC1CCCC(c2cncn2CC2CCCN(C)C2)N1. The summed E-state index contributed by atoms with van der Waals surface area (Å²) in [5.41, 5.74) is 1.39. The highest BCUT2D eigenvalue weighted by atomic mass is 15.1. The van der Waals surface area contributed by atoms with Crippen molar-refractivity contribution in [1.82, 2.24) is 19.8 Å². The van der Waals surface area contributed by atoms with Crippen LogP contribution in [0.15, 0.2) is 12.5 Å². The van der Waals surface area contributed by atoms with E-state index in [4.69, 9.17) is 0 Å². The van der Waals surface area contributed by atoms with Crippen LogP contribution in [-0.2, 0) is 6.54 Å². The fraction of sp³-hybridized carbons (Fsp3) is 0.812. The van der Waals surface area contributed by atoms with Crippen molar-refractivity contribution in [2.24, 2.45) is 5.92 Å². The number of aromatic nitrogens is 2. The summed E-state index contributed by atoms with van der Waals surface area (Å²) in [6, 6.07) is 1.14. The van der Waals surface area contributed by atoms with E-state index in [1.54, 1.807) is 0 Å². The molecule has 112 valence electrons. The van der Waals surface area contributed by atoms with E-state index in [0.29, 0.717) is 12.1 Å². The quantitative estimate of drug-likeness (QED) is 0.920. The summed E-state index contributed by atoms with van der Waals surface area (Å²) in [5.74, 6) is 0.780. The highest BCUT2D eigenvalue weighted by Gasteiger charge is 2.24. The second-order valence-corrected chi connectivity index (χ2v) is 6.79. The third-order valence-electron chi connectivity index (χ3n) is 4.89. The average Bonchev–Trinajstić information content (AvgIpc) is 2.87. The first-order valence-corrected chi connectivity index (χ1v) is 8.17. The van der Waals surface area contributed by atoms with E-state index in [9.17, 15) is 0 Å². The molecular weight excluding hydrogens is 248 g/mol. The minimum atomic E-state index is 0.502. The van der Waals surface area contributed by atoms with Gasteiger partial charge in [-0.05, 0) is 58.5 Å². The van der Waals surface area contributed by atoms with E-state index >= 15 is 0 Å². The van der Waals surface area contributed by atoms with E-state index < -0.39 is 0 Å². The summed E-state index contributed by atoms with van der Waals surface area (Å²) in [6.45, 7) is 5.91. The zero-order chi connectivity index (χ0) is 13.9. The first kappa shape index (κ1) is 14.1. The summed E-state index contributed by atoms with van der Waals surface area (Å²) < 4.78 is 2.40. The van der Waals surface area contributed by atoms with Gasteiger partial charge in [0.2, 0.25) is 0 Å². The molecule has 4 nitrogen and oxygen atoms in total. The molecular formula is C16H28N4. The monoisotopic (exact) mass is 276 g/mol. The Bertz CT molecular complexity index is 428. The van der Waals surface area contributed by atoms with Crippen LogP contribution in [0, 0.1) is 5.92 Å². The lowest BCUT2D eigenvalue weighted by molar-refractivity contribution is 0.192. The van der Waals surface area contributed by atoms with Crippen LogP contribution in [0.3, 0.4) is 0 Å². The van der Waals surface area contributed by atoms with Crippen LogP contribution in [0.1, 0.15) is 50.8 Å². The third-order valence-corrected chi connectivity index (χ3v) is 4.89. The molecule has 1 N–H and O–H groups in total. The number of piperidine rings is 2. The van der Waals surface area contributed by atoms with Gasteiger partial charge < -0.3 is 14.8 Å². The van der Waals surface area contributed by atoms with Gasteiger partial charge in [-0.2, -0.15) is 0 Å². The number of hydrogen-bond acceptors (Lipinski definition) is 3. The molecule has 20 heavy (non-hydrogen) atoms. The molecule has 2 aliphatic heterocycles. The number of nitrogens with one attached hydrogen (secondary N) is 1. The number of rotatable bonds is 3. The van der Waals surface area contributed by atoms with Crippen molar-refractivity contribution >= 4 is 0 Å². The van der Waals surface area contributed by atoms with Crippen LogP contribution in [0.5, 0.6) is 0 Å². The van der Waals surface area contributed by atoms with Gasteiger partial charge in [-0.3, -0.25) is 0 Å². The largest absolute Gasteiger partial charge is 0.333 e. The minimum absolute atomic E-state index is 0.502. The fourth-order valence-electron chi connectivity index (χ4n) is 3.85. The van der Waals surface area contributed by atoms with E-state index in [-0.39, 0.29) is 0 Å². The van der Waals surface area contributed by atoms with Gasteiger partial charge in [0, 0.05) is 31.4 Å². The number of imidazole rings is 1. The standard InChI is InChI=1S/C16H28N4/c1-13-5-3-7-15(18-13)16-9-17-12-20(16)11-14-6-4-8-19(2)10-14/h9,12-15,18H,3-8,10-11H2,1-2H3. The molecule has 0 aromatic carbocycles. The lowest BCUT2D eigenvalue weighted by Gasteiger charge is -2.32. The van der Waals surface area contributed by atoms with Crippen molar-refractivity contribution in [2.45, 2.75) is 57.7 Å². The molecule has 0 aliphatic carbocycles. The second kappa shape index (κ2) is 6.27. The van der Waals surface area contributed by atoms with Gasteiger partial charge in [0.1, 0.15) is 0 Å². The summed E-state index contributed by atoms with van der Waals surface area (Å²) >= 11 is 0. The van der Waals surface area contributed by atoms with Gasteiger partial charge in [0.05, 0.1) is 12.0 Å². The second-order valence-electron chi connectivity index (χ2n) is 6.79. The Morgan fingerprint density at radius 2 is 2.20 bits per heavy atom. The van der Waals surface area contributed by atoms with Gasteiger partial charge in [0.25, 0.3) is 0 Å². The van der Waals surface area contributed by atoms with Crippen LogP contribution in [0.2, 0.25) is 0 Å². The number of nitrogens with zero attached hydrogens (tertiary/aromatic N) is 3. The van der Waals surface area contributed by atoms with Crippen molar-refractivity contribution < 1.29 is 0 Å². The molecule has 2 saturated heterocycles. The van der Waals surface area contributed by atoms with Crippen LogP contribution < -0.4 is 5.32 Å². The zero-order valence-electron chi connectivity index (χ0n) is 12.9. The maximum absolute atomic E-state index is 4.42. The summed E-state index contributed by atoms with van der Waals surface area (Å²) in [5, 5.41) is 3.73. The average molecular weight is 276 g/mol. The van der Waals surface area contributed by atoms with Gasteiger partial charge in [-0.1, -0.05) is 0 Å². The third kappa shape index (κ3) is 3.23. The lowest BCUT2D eigenvalue weighted by atomic mass is 9.96. The summed E-state index contributed by atoms with van der Waals surface area (Å²) in [7, 11) is 2.24. The Morgan fingerprint density at radius 1 is 1.30 bits per heavy atom. The Kier molecular flexibility index (Phi) is 4.41. The van der Waals surface area contributed by atoms with Gasteiger partial charge in [-0.25, -0.2) is 4.98 Å². The molecule has 0 radical (unpaired) electrons. The topological polar surface area (TPSA) is 33.1 Å². The number of likely N-dealkylation sites (tertiary alicyclic amines) is 1. The van der Waals surface area contributed by atoms with E-state index in [0.717, 1.165) is 12.5 Å². The van der Waals surface area contributed by atoms with E-state index in [2.05, 4.69) is 39.9 Å². The molecule has 3 atom stereocenters. The minimum Gasteiger partial charge on any atom is -0.333 e. The van der Waals surface area contributed by atoms with Crippen LogP contribution >= 0.6 is 0 Å². The first-order chi connectivity index (χ1) is 9.72. The van der Waals surface area contributed by atoms with Crippen molar-refractivity contribution in [3.8, 4) is 0 Å². The van der Waals surface area contributed by atoms with Crippen molar-refractivity contribution in [2.75, 3.05) is 20.1 Å².